The number of amides is 1. The van der Waals surface area contributed by atoms with Crippen LogP contribution in [-0.2, 0) is 4.79 Å². The highest BCUT2D eigenvalue weighted by molar-refractivity contribution is 5.84. The zero-order valence-corrected chi connectivity index (χ0v) is 10.6. The zero-order chi connectivity index (χ0) is 12.8. The van der Waals surface area contributed by atoms with Gasteiger partial charge in [-0.2, -0.15) is 0 Å². The third-order valence-electron chi connectivity index (χ3n) is 1.48. The lowest BCUT2D eigenvalue weighted by Gasteiger charge is -2.19. The summed E-state index contributed by atoms with van der Waals surface area (Å²) in [7, 11) is 0. The van der Waals surface area contributed by atoms with Gasteiger partial charge in [-0.3, -0.25) is 4.79 Å². The van der Waals surface area contributed by atoms with Crippen molar-refractivity contribution in [1.82, 2.24) is 10.6 Å². The van der Waals surface area contributed by atoms with Crippen molar-refractivity contribution in [2.75, 3.05) is 13.1 Å². The lowest BCUT2D eigenvalue weighted by molar-refractivity contribution is -0.121. The summed E-state index contributed by atoms with van der Waals surface area (Å²) in [5, 5.41) is 5.64. The number of nitrogens with one attached hydrogen (secondary N) is 2. The molecule has 5 heteroatoms. The molecule has 0 bridgehead atoms. The maximum absolute atomic E-state index is 11.4. The van der Waals surface area contributed by atoms with E-state index in [4.69, 9.17) is 5.73 Å². The monoisotopic (exact) mass is 226 g/mol. The Balaban J connectivity index is 3.97. The van der Waals surface area contributed by atoms with E-state index in [9.17, 15) is 4.79 Å². The van der Waals surface area contributed by atoms with Gasteiger partial charge in [0, 0.05) is 12.1 Å². The molecule has 0 saturated carbocycles. The molecule has 5 nitrogen and oxygen atoms in total. The summed E-state index contributed by atoms with van der Waals surface area (Å²) in [6, 6.07) is 0. The third kappa shape index (κ3) is 9.05. The van der Waals surface area contributed by atoms with Gasteiger partial charge in [-0.05, 0) is 27.7 Å². The van der Waals surface area contributed by atoms with Gasteiger partial charge in [-0.1, -0.05) is 12.2 Å². The second-order valence-corrected chi connectivity index (χ2v) is 4.81. The molecule has 0 unspecified atom stereocenters. The highest BCUT2D eigenvalue weighted by atomic mass is 16.2. The minimum Gasteiger partial charge on any atom is -0.370 e. The minimum absolute atomic E-state index is 0.0340. The molecule has 0 spiro atoms. The fourth-order valence-corrected chi connectivity index (χ4v) is 0.912. The van der Waals surface area contributed by atoms with Crippen molar-refractivity contribution < 1.29 is 4.79 Å². The van der Waals surface area contributed by atoms with E-state index < -0.39 is 0 Å². The molecule has 92 valence electrons. The number of aliphatic imine (C=N–C) groups is 1. The molecule has 1 amide bonds. The van der Waals surface area contributed by atoms with Gasteiger partial charge in [0.05, 0.1) is 0 Å². The Morgan fingerprint density at radius 2 is 2.00 bits per heavy atom. The molecule has 0 aliphatic heterocycles. The number of guanidine groups is 1. The summed E-state index contributed by atoms with van der Waals surface area (Å²) in [5.74, 6) is 0.111. The van der Waals surface area contributed by atoms with Crippen LogP contribution in [0.2, 0.25) is 0 Å². The number of rotatable bonds is 4. The van der Waals surface area contributed by atoms with Gasteiger partial charge in [0.15, 0.2) is 5.96 Å². The highest BCUT2D eigenvalue weighted by Gasteiger charge is 2.12. The van der Waals surface area contributed by atoms with Crippen LogP contribution in [0.5, 0.6) is 0 Å². The molecule has 0 aliphatic rings. The number of hydrogen-bond acceptors (Lipinski definition) is 2. The first-order valence-electron chi connectivity index (χ1n) is 5.20. The first-order chi connectivity index (χ1) is 7.20. The molecule has 4 N–H and O–H groups in total. The van der Waals surface area contributed by atoms with Gasteiger partial charge >= 0.3 is 0 Å². The summed E-state index contributed by atoms with van der Waals surface area (Å²) in [6.45, 7) is 11.9. The van der Waals surface area contributed by atoms with E-state index in [0.717, 1.165) is 5.57 Å². The van der Waals surface area contributed by atoms with Crippen molar-refractivity contribution in [2.45, 2.75) is 33.2 Å². The second-order valence-electron chi connectivity index (χ2n) is 4.81. The Hall–Kier alpha value is -1.52. The molecule has 16 heavy (non-hydrogen) atoms. The smallest absolute Gasteiger partial charge is 0.242 e. The molecule has 0 heterocycles. The predicted octanol–water partition coefficient (Wildman–Crippen LogP) is 0.382. The van der Waals surface area contributed by atoms with Crippen molar-refractivity contribution in [3.8, 4) is 0 Å². The van der Waals surface area contributed by atoms with Gasteiger partial charge in [0.25, 0.3) is 0 Å². The van der Waals surface area contributed by atoms with E-state index in [1.165, 1.54) is 0 Å². The predicted molar refractivity (Wildman–Crippen MR) is 67.2 cm³/mol. The van der Waals surface area contributed by atoms with Crippen molar-refractivity contribution in [2.24, 2.45) is 10.7 Å². The molecule has 0 aromatic carbocycles. The molecule has 0 aromatic rings. The van der Waals surface area contributed by atoms with Crippen LogP contribution in [0, 0.1) is 0 Å². The van der Waals surface area contributed by atoms with Gasteiger partial charge in [-0.15, -0.1) is 0 Å². The fourth-order valence-electron chi connectivity index (χ4n) is 0.912. The topological polar surface area (TPSA) is 79.5 Å². The zero-order valence-electron chi connectivity index (χ0n) is 10.6. The average Bonchev–Trinajstić information content (AvgIpc) is 2.08. The summed E-state index contributed by atoms with van der Waals surface area (Å²) in [6.07, 6.45) is 0. The van der Waals surface area contributed by atoms with Crippen LogP contribution in [0.4, 0.5) is 0 Å². The van der Waals surface area contributed by atoms with Crippen LogP contribution in [0.3, 0.4) is 0 Å². The number of carbonyl (C=O) groups is 1. The van der Waals surface area contributed by atoms with Crippen LogP contribution >= 0.6 is 0 Å². The number of hydrogen-bond donors (Lipinski definition) is 3. The highest BCUT2D eigenvalue weighted by Crippen LogP contribution is 1.97. The first-order valence-corrected chi connectivity index (χ1v) is 5.20. The number of carbonyl (C=O) groups excluding carboxylic acids is 1. The van der Waals surface area contributed by atoms with E-state index in [-0.39, 0.29) is 24.0 Å². The summed E-state index contributed by atoms with van der Waals surface area (Å²) in [4.78, 5) is 15.3. The van der Waals surface area contributed by atoms with Crippen molar-refractivity contribution in [3.05, 3.63) is 12.2 Å². The molecular weight excluding hydrogens is 204 g/mol. The van der Waals surface area contributed by atoms with Crippen LogP contribution in [0.15, 0.2) is 17.1 Å². The van der Waals surface area contributed by atoms with Gasteiger partial charge < -0.3 is 16.4 Å². The van der Waals surface area contributed by atoms with Crippen LogP contribution in [0.1, 0.15) is 27.7 Å². The minimum atomic E-state index is -0.244. The van der Waals surface area contributed by atoms with E-state index in [2.05, 4.69) is 22.2 Å². The fraction of sp³-hybridized carbons (Fsp3) is 0.636. The van der Waals surface area contributed by atoms with E-state index >= 15 is 0 Å². The third-order valence-corrected chi connectivity index (χ3v) is 1.48. The largest absolute Gasteiger partial charge is 0.370 e. The number of nitrogens with two attached hydrogens (primary N) is 1. The molecular formula is C11H22N4O. The lowest BCUT2D eigenvalue weighted by Crippen LogP contribution is -2.42. The Labute approximate surface area is 97.2 Å². The van der Waals surface area contributed by atoms with Crippen LogP contribution in [-0.4, -0.2) is 30.5 Å². The maximum atomic E-state index is 11.4. The Bertz CT molecular complexity index is 289. The summed E-state index contributed by atoms with van der Waals surface area (Å²) in [5.41, 5.74) is 6.26. The normalized spacial score (nSPS) is 12.1. The van der Waals surface area contributed by atoms with E-state index in [1.54, 1.807) is 0 Å². The van der Waals surface area contributed by atoms with Crippen molar-refractivity contribution in [1.29, 1.82) is 0 Å². The molecule has 0 saturated heterocycles. The van der Waals surface area contributed by atoms with E-state index in [1.807, 2.05) is 27.7 Å². The van der Waals surface area contributed by atoms with Crippen LogP contribution < -0.4 is 16.4 Å². The molecule has 0 rings (SSSR count). The van der Waals surface area contributed by atoms with Gasteiger partial charge in [-0.25, -0.2) is 4.99 Å². The van der Waals surface area contributed by atoms with Gasteiger partial charge in [0.1, 0.15) is 6.54 Å². The molecule has 0 aromatic heterocycles. The molecule has 0 radical (unpaired) electrons. The Kier molecular flexibility index (Phi) is 5.56. The van der Waals surface area contributed by atoms with Crippen molar-refractivity contribution >= 4 is 11.9 Å². The van der Waals surface area contributed by atoms with Crippen molar-refractivity contribution in [3.63, 3.8) is 0 Å². The first kappa shape index (κ1) is 14.5. The SMILES string of the molecule is C=C(C)CNC(N)=NCC(=O)NC(C)(C)C. The van der Waals surface area contributed by atoms with E-state index in [0.29, 0.717) is 6.54 Å². The molecule has 0 aliphatic carbocycles. The van der Waals surface area contributed by atoms with Gasteiger partial charge in [0.2, 0.25) is 5.91 Å². The Morgan fingerprint density at radius 1 is 1.44 bits per heavy atom. The molecule has 0 atom stereocenters. The quantitative estimate of drug-likeness (QED) is 0.368. The molecule has 0 fully saturated rings. The van der Waals surface area contributed by atoms with Crippen LogP contribution in [0.25, 0.3) is 0 Å². The summed E-state index contributed by atoms with van der Waals surface area (Å²) < 4.78 is 0. The average molecular weight is 226 g/mol. The summed E-state index contributed by atoms with van der Waals surface area (Å²) >= 11 is 0. The second kappa shape index (κ2) is 6.15. The Morgan fingerprint density at radius 3 is 2.44 bits per heavy atom. The number of nitrogens with zero attached hydrogens (tertiary/aromatic N) is 1. The maximum Gasteiger partial charge on any atom is 0.242 e. The lowest BCUT2D eigenvalue weighted by atomic mass is 10.1. The standard InChI is InChI=1S/C11H22N4O/c1-8(2)6-13-10(12)14-7-9(16)15-11(3,4)5/h1,6-7H2,2-5H3,(H,15,16)(H3,12,13,14).